The molecule has 0 unspecified atom stereocenters. The van der Waals surface area contributed by atoms with Gasteiger partial charge < -0.3 is 4.57 Å². The maximum absolute atomic E-state index is 12.3. The fraction of sp³-hybridized carbons (Fsp3) is 0.150. The van der Waals surface area contributed by atoms with E-state index in [2.05, 4.69) is 15.5 Å². The van der Waals surface area contributed by atoms with E-state index < -0.39 is 0 Å². The predicted octanol–water partition coefficient (Wildman–Crippen LogP) is 3.64. The summed E-state index contributed by atoms with van der Waals surface area (Å²) in [6, 6.07) is 13.7. The molecule has 0 saturated carbocycles. The maximum atomic E-state index is 12.3. The van der Waals surface area contributed by atoms with E-state index in [4.69, 9.17) is 0 Å². The Hall–Kier alpha value is -3.21. The van der Waals surface area contributed by atoms with Crippen molar-refractivity contribution in [2.24, 2.45) is 5.10 Å². The summed E-state index contributed by atoms with van der Waals surface area (Å²) >= 11 is 0. The maximum Gasteiger partial charge on any atom is 0.271 e. The number of aromatic nitrogens is 2. The summed E-state index contributed by atoms with van der Waals surface area (Å²) in [5.74, 6) is -0.202. The van der Waals surface area contributed by atoms with E-state index in [1.54, 1.807) is 12.5 Å². The third-order valence-corrected chi connectivity index (χ3v) is 4.04. The van der Waals surface area contributed by atoms with Gasteiger partial charge in [0.05, 0.1) is 12.0 Å². The van der Waals surface area contributed by atoms with Crippen LogP contribution >= 0.6 is 0 Å². The summed E-state index contributed by atoms with van der Waals surface area (Å²) in [6.45, 7) is 5.80. The monoisotopic (exact) mass is 332 g/mol. The highest BCUT2D eigenvalue weighted by Gasteiger charge is 2.08. The lowest BCUT2D eigenvalue weighted by Crippen LogP contribution is -2.20. The molecule has 2 aromatic carbocycles. The highest BCUT2D eigenvalue weighted by molar-refractivity contribution is 6.01. The SMILES string of the molecule is C/C(=N/NC(=O)c1ccc(C)cc1C)c1ccc(-n2ccnc2)cc1. The van der Waals surface area contributed by atoms with Crippen molar-refractivity contribution in [1.29, 1.82) is 0 Å². The Labute approximate surface area is 147 Å². The van der Waals surface area contributed by atoms with Crippen molar-refractivity contribution < 1.29 is 4.79 Å². The molecular formula is C20H20N4O. The van der Waals surface area contributed by atoms with Gasteiger partial charge >= 0.3 is 0 Å². The molecule has 25 heavy (non-hydrogen) atoms. The third-order valence-electron chi connectivity index (χ3n) is 4.04. The molecular weight excluding hydrogens is 312 g/mol. The zero-order valence-corrected chi connectivity index (χ0v) is 14.5. The highest BCUT2D eigenvalue weighted by atomic mass is 16.2. The van der Waals surface area contributed by atoms with Crippen LogP contribution in [0.25, 0.3) is 5.69 Å². The van der Waals surface area contributed by atoms with Gasteiger partial charge in [-0.3, -0.25) is 4.79 Å². The molecule has 0 atom stereocenters. The summed E-state index contributed by atoms with van der Waals surface area (Å²) in [6.07, 6.45) is 5.38. The number of nitrogens with zero attached hydrogens (tertiary/aromatic N) is 3. The average Bonchev–Trinajstić information content (AvgIpc) is 3.14. The van der Waals surface area contributed by atoms with Gasteiger partial charge in [-0.1, -0.05) is 29.8 Å². The summed E-state index contributed by atoms with van der Waals surface area (Å²) in [4.78, 5) is 16.3. The van der Waals surface area contributed by atoms with Gasteiger partial charge in [-0.15, -0.1) is 0 Å². The van der Waals surface area contributed by atoms with Gasteiger partial charge in [0.25, 0.3) is 5.91 Å². The largest absolute Gasteiger partial charge is 0.306 e. The predicted molar refractivity (Wildman–Crippen MR) is 99.2 cm³/mol. The Kier molecular flexibility index (Phi) is 4.75. The number of imidazole rings is 1. The van der Waals surface area contributed by atoms with Crippen molar-refractivity contribution in [2.75, 3.05) is 0 Å². The van der Waals surface area contributed by atoms with E-state index in [1.807, 2.05) is 74.0 Å². The van der Waals surface area contributed by atoms with Gasteiger partial charge in [-0.05, 0) is 50.1 Å². The van der Waals surface area contributed by atoms with E-state index in [0.29, 0.717) is 5.56 Å². The van der Waals surface area contributed by atoms with Gasteiger partial charge in [0.2, 0.25) is 0 Å². The lowest BCUT2D eigenvalue weighted by Gasteiger charge is -2.07. The minimum Gasteiger partial charge on any atom is -0.306 e. The Morgan fingerprint density at radius 2 is 1.88 bits per heavy atom. The van der Waals surface area contributed by atoms with Crippen LogP contribution in [-0.2, 0) is 0 Å². The lowest BCUT2D eigenvalue weighted by molar-refractivity contribution is 0.0954. The first-order valence-electron chi connectivity index (χ1n) is 8.05. The Morgan fingerprint density at radius 3 is 2.52 bits per heavy atom. The number of carbonyl (C=O) groups is 1. The number of rotatable bonds is 4. The minimum absolute atomic E-state index is 0.202. The number of aryl methyl sites for hydroxylation is 2. The average molecular weight is 332 g/mol. The lowest BCUT2D eigenvalue weighted by atomic mass is 10.1. The summed E-state index contributed by atoms with van der Waals surface area (Å²) in [5.41, 5.74) is 8.06. The second-order valence-corrected chi connectivity index (χ2v) is 5.97. The molecule has 1 heterocycles. The molecule has 126 valence electrons. The molecule has 3 aromatic rings. The first-order valence-corrected chi connectivity index (χ1v) is 8.05. The third kappa shape index (κ3) is 3.83. The Morgan fingerprint density at radius 1 is 1.12 bits per heavy atom. The number of hydrazone groups is 1. The van der Waals surface area contributed by atoms with Crippen LogP contribution in [0.5, 0.6) is 0 Å². The molecule has 5 heteroatoms. The molecule has 0 aliphatic rings. The molecule has 0 radical (unpaired) electrons. The zero-order chi connectivity index (χ0) is 17.8. The first kappa shape index (κ1) is 16.6. The van der Waals surface area contributed by atoms with Crippen molar-refractivity contribution >= 4 is 11.6 Å². The van der Waals surface area contributed by atoms with Gasteiger partial charge in [0, 0.05) is 23.6 Å². The van der Waals surface area contributed by atoms with E-state index >= 15 is 0 Å². The molecule has 0 aliphatic carbocycles. The summed E-state index contributed by atoms with van der Waals surface area (Å²) in [5, 5.41) is 4.22. The molecule has 1 N–H and O–H groups in total. The highest BCUT2D eigenvalue weighted by Crippen LogP contribution is 2.12. The topological polar surface area (TPSA) is 59.3 Å². The second kappa shape index (κ2) is 7.13. The molecule has 0 fully saturated rings. The Bertz CT molecular complexity index is 909. The quantitative estimate of drug-likeness (QED) is 0.586. The van der Waals surface area contributed by atoms with E-state index in [0.717, 1.165) is 28.1 Å². The molecule has 1 amide bonds. The van der Waals surface area contributed by atoms with Gasteiger partial charge in [0.15, 0.2) is 0 Å². The van der Waals surface area contributed by atoms with Crippen LogP contribution in [0.3, 0.4) is 0 Å². The van der Waals surface area contributed by atoms with Crippen LogP contribution in [0.2, 0.25) is 0 Å². The fourth-order valence-corrected chi connectivity index (χ4v) is 2.61. The number of hydrogen-bond donors (Lipinski definition) is 1. The van der Waals surface area contributed by atoms with Crippen molar-refractivity contribution in [2.45, 2.75) is 20.8 Å². The number of benzene rings is 2. The molecule has 5 nitrogen and oxygen atoms in total. The second-order valence-electron chi connectivity index (χ2n) is 5.97. The standard InChI is InChI=1S/C20H20N4O/c1-14-4-9-19(15(2)12-14)20(25)23-22-16(3)17-5-7-18(8-6-17)24-11-10-21-13-24/h4-13H,1-3H3,(H,23,25)/b22-16-. The first-order chi connectivity index (χ1) is 12.0. The number of carbonyl (C=O) groups excluding carboxylic acids is 1. The number of nitrogens with one attached hydrogen (secondary N) is 1. The number of hydrogen-bond acceptors (Lipinski definition) is 3. The fourth-order valence-electron chi connectivity index (χ4n) is 2.61. The van der Waals surface area contributed by atoms with Crippen LogP contribution in [0.1, 0.15) is 34.0 Å². The molecule has 0 bridgehead atoms. The van der Waals surface area contributed by atoms with Gasteiger partial charge in [0.1, 0.15) is 0 Å². The summed E-state index contributed by atoms with van der Waals surface area (Å²) in [7, 11) is 0. The summed E-state index contributed by atoms with van der Waals surface area (Å²) < 4.78 is 1.93. The van der Waals surface area contributed by atoms with Crippen molar-refractivity contribution in [3.05, 3.63) is 83.4 Å². The van der Waals surface area contributed by atoms with Crippen LogP contribution in [0.4, 0.5) is 0 Å². The molecule has 1 aromatic heterocycles. The number of amides is 1. The van der Waals surface area contributed by atoms with Crippen molar-refractivity contribution in [1.82, 2.24) is 15.0 Å². The van der Waals surface area contributed by atoms with E-state index in [1.165, 1.54) is 0 Å². The van der Waals surface area contributed by atoms with Crippen LogP contribution in [0, 0.1) is 13.8 Å². The van der Waals surface area contributed by atoms with Crippen molar-refractivity contribution in [3.63, 3.8) is 0 Å². The van der Waals surface area contributed by atoms with E-state index in [-0.39, 0.29) is 5.91 Å². The zero-order valence-electron chi connectivity index (χ0n) is 14.5. The van der Waals surface area contributed by atoms with Crippen LogP contribution in [-0.4, -0.2) is 21.2 Å². The van der Waals surface area contributed by atoms with E-state index in [9.17, 15) is 4.79 Å². The smallest absolute Gasteiger partial charge is 0.271 e. The normalized spacial score (nSPS) is 11.4. The van der Waals surface area contributed by atoms with Gasteiger partial charge in [-0.2, -0.15) is 5.10 Å². The minimum atomic E-state index is -0.202. The van der Waals surface area contributed by atoms with Crippen LogP contribution < -0.4 is 5.43 Å². The molecule has 0 spiro atoms. The van der Waals surface area contributed by atoms with Crippen LogP contribution in [0.15, 0.2) is 66.3 Å². The van der Waals surface area contributed by atoms with Crippen molar-refractivity contribution in [3.8, 4) is 5.69 Å². The Balaban J connectivity index is 1.72. The van der Waals surface area contributed by atoms with Gasteiger partial charge in [-0.25, -0.2) is 10.4 Å². The molecule has 3 rings (SSSR count). The molecule has 0 saturated heterocycles. The molecule has 0 aliphatic heterocycles.